The Bertz CT molecular complexity index is 1530. The van der Waals surface area contributed by atoms with Crippen LogP contribution in [0.15, 0.2) is 102 Å². The second-order valence-corrected chi connectivity index (χ2v) is 9.28. The molecule has 1 aromatic heterocycles. The van der Waals surface area contributed by atoms with Gasteiger partial charge in [-0.3, -0.25) is 4.79 Å². The molecule has 0 bridgehead atoms. The summed E-state index contributed by atoms with van der Waals surface area (Å²) in [6, 6.07) is 30.1. The summed E-state index contributed by atoms with van der Waals surface area (Å²) in [5, 5.41) is 6.41. The van der Waals surface area contributed by atoms with Crippen LogP contribution in [0.2, 0.25) is 0 Å². The topological polar surface area (TPSA) is 64.0 Å². The van der Waals surface area contributed by atoms with Gasteiger partial charge in [-0.15, -0.1) is 0 Å². The molecule has 5 aromatic rings. The molecule has 0 atom stereocenters. The molecule has 0 aliphatic rings. The number of carbonyl (C=O) groups excluding carboxylic acids is 1. The zero-order valence-corrected chi connectivity index (χ0v) is 21.3. The number of para-hydroxylation sites is 1. The van der Waals surface area contributed by atoms with Gasteiger partial charge in [0.25, 0.3) is 5.91 Å². The van der Waals surface area contributed by atoms with Crippen molar-refractivity contribution in [3.05, 3.63) is 114 Å². The normalized spacial score (nSPS) is 11.1. The SMILES string of the molecule is CCOc1ccc(/C=N/N(C(=O)c2ccc(Oc3ccccc3)cc2)c2nc3ccc(C)cc3s2)cc1. The van der Waals surface area contributed by atoms with Crippen molar-refractivity contribution < 1.29 is 14.3 Å². The molecule has 0 unspecified atom stereocenters. The first-order valence-corrected chi connectivity index (χ1v) is 12.7. The summed E-state index contributed by atoms with van der Waals surface area (Å²) < 4.78 is 12.4. The molecule has 0 N–H and O–H groups in total. The maximum absolute atomic E-state index is 13.6. The van der Waals surface area contributed by atoms with Crippen molar-refractivity contribution >= 4 is 38.8 Å². The number of hydrogen-bond donors (Lipinski definition) is 0. The van der Waals surface area contributed by atoms with E-state index in [2.05, 4.69) is 11.2 Å². The molecule has 0 aliphatic carbocycles. The van der Waals surface area contributed by atoms with Crippen LogP contribution in [-0.4, -0.2) is 23.7 Å². The Morgan fingerprint density at radius 3 is 2.35 bits per heavy atom. The van der Waals surface area contributed by atoms with E-state index in [1.54, 1.807) is 30.5 Å². The Kier molecular flexibility index (Phi) is 7.23. The third-order valence-electron chi connectivity index (χ3n) is 5.50. The smallest absolute Gasteiger partial charge is 0.280 e. The quantitative estimate of drug-likeness (QED) is 0.161. The van der Waals surface area contributed by atoms with Gasteiger partial charge in [0, 0.05) is 5.56 Å². The maximum atomic E-state index is 13.6. The number of ether oxygens (including phenoxy) is 2. The summed E-state index contributed by atoms with van der Waals surface area (Å²) in [7, 11) is 0. The number of hydrazone groups is 1. The molecule has 4 aromatic carbocycles. The van der Waals surface area contributed by atoms with E-state index in [9.17, 15) is 4.79 Å². The number of nitrogens with zero attached hydrogens (tertiary/aromatic N) is 3. The summed E-state index contributed by atoms with van der Waals surface area (Å²) in [5.74, 6) is 1.87. The molecule has 0 saturated carbocycles. The average molecular weight is 508 g/mol. The third kappa shape index (κ3) is 5.85. The predicted octanol–water partition coefficient (Wildman–Crippen LogP) is 7.48. The first-order chi connectivity index (χ1) is 18.1. The maximum Gasteiger partial charge on any atom is 0.280 e. The highest BCUT2D eigenvalue weighted by Gasteiger charge is 2.21. The molecule has 0 radical (unpaired) electrons. The van der Waals surface area contributed by atoms with Gasteiger partial charge in [0.05, 0.1) is 23.0 Å². The fraction of sp³-hybridized carbons (Fsp3) is 0.100. The molecule has 0 aliphatic heterocycles. The number of rotatable bonds is 8. The van der Waals surface area contributed by atoms with Gasteiger partial charge in [-0.1, -0.05) is 35.6 Å². The van der Waals surface area contributed by atoms with Crippen LogP contribution in [0.3, 0.4) is 0 Å². The Balaban J connectivity index is 1.44. The van der Waals surface area contributed by atoms with Crippen LogP contribution in [0.5, 0.6) is 17.2 Å². The highest BCUT2D eigenvalue weighted by atomic mass is 32.1. The summed E-state index contributed by atoms with van der Waals surface area (Å²) in [5.41, 5.74) is 3.27. The van der Waals surface area contributed by atoms with E-state index in [0.717, 1.165) is 32.8 Å². The van der Waals surface area contributed by atoms with Crippen LogP contribution in [0.1, 0.15) is 28.4 Å². The van der Waals surface area contributed by atoms with Crippen molar-refractivity contribution in [3.8, 4) is 17.2 Å². The minimum Gasteiger partial charge on any atom is -0.494 e. The molecular weight excluding hydrogens is 482 g/mol. The van der Waals surface area contributed by atoms with Crippen molar-refractivity contribution in [2.75, 3.05) is 11.6 Å². The van der Waals surface area contributed by atoms with Crippen molar-refractivity contribution in [2.24, 2.45) is 5.10 Å². The lowest BCUT2D eigenvalue weighted by atomic mass is 10.2. The number of amides is 1. The van der Waals surface area contributed by atoms with Crippen LogP contribution < -0.4 is 14.5 Å². The molecule has 6 nitrogen and oxygen atoms in total. The number of fused-ring (bicyclic) bond motifs is 1. The van der Waals surface area contributed by atoms with Crippen LogP contribution in [0.25, 0.3) is 10.2 Å². The number of hydrogen-bond acceptors (Lipinski definition) is 6. The van der Waals surface area contributed by atoms with E-state index in [-0.39, 0.29) is 5.91 Å². The monoisotopic (exact) mass is 507 g/mol. The first kappa shape index (κ1) is 24.2. The number of benzene rings is 4. The predicted molar refractivity (Wildman–Crippen MR) is 149 cm³/mol. The molecule has 0 fully saturated rings. The number of aryl methyl sites for hydroxylation is 1. The zero-order valence-electron chi connectivity index (χ0n) is 20.5. The summed E-state index contributed by atoms with van der Waals surface area (Å²) in [6.07, 6.45) is 1.65. The van der Waals surface area contributed by atoms with Crippen molar-refractivity contribution in [1.82, 2.24) is 4.98 Å². The number of carbonyl (C=O) groups is 1. The standard InChI is InChI=1S/C30H25N3O3S/c1-3-35-24-14-10-22(11-15-24)20-31-33(30-32-27-18-9-21(2)19-28(27)37-30)29(34)23-12-16-26(17-13-23)36-25-7-5-4-6-8-25/h4-20H,3H2,1-2H3/b31-20+. The van der Waals surface area contributed by atoms with Gasteiger partial charge in [-0.05, 0) is 97.8 Å². The second-order valence-electron chi connectivity index (χ2n) is 8.27. The van der Waals surface area contributed by atoms with E-state index in [1.165, 1.54) is 16.3 Å². The van der Waals surface area contributed by atoms with E-state index >= 15 is 0 Å². The van der Waals surface area contributed by atoms with Crippen LogP contribution in [0.4, 0.5) is 5.13 Å². The Morgan fingerprint density at radius 1 is 0.919 bits per heavy atom. The van der Waals surface area contributed by atoms with Crippen molar-refractivity contribution in [1.29, 1.82) is 0 Å². The molecule has 184 valence electrons. The molecule has 7 heteroatoms. The van der Waals surface area contributed by atoms with Gasteiger partial charge in [0.2, 0.25) is 5.13 Å². The first-order valence-electron chi connectivity index (χ1n) is 11.9. The minimum atomic E-state index is -0.288. The highest BCUT2D eigenvalue weighted by molar-refractivity contribution is 7.22. The lowest BCUT2D eigenvalue weighted by Crippen LogP contribution is -2.25. The second kappa shape index (κ2) is 11.1. The summed E-state index contributed by atoms with van der Waals surface area (Å²) in [6.45, 7) is 4.57. The van der Waals surface area contributed by atoms with E-state index in [0.29, 0.717) is 23.1 Å². The average Bonchev–Trinajstić information content (AvgIpc) is 3.33. The Hall–Kier alpha value is -4.49. The Morgan fingerprint density at radius 2 is 1.62 bits per heavy atom. The fourth-order valence-corrected chi connectivity index (χ4v) is 4.67. The fourth-order valence-electron chi connectivity index (χ4n) is 3.65. The zero-order chi connectivity index (χ0) is 25.6. The molecule has 5 rings (SSSR count). The number of aromatic nitrogens is 1. The number of anilines is 1. The van der Waals surface area contributed by atoms with Gasteiger partial charge < -0.3 is 9.47 Å². The van der Waals surface area contributed by atoms with E-state index in [1.807, 2.05) is 80.6 Å². The van der Waals surface area contributed by atoms with Crippen LogP contribution in [-0.2, 0) is 0 Å². The van der Waals surface area contributed by atoms with Gasteiger partial charge in [0.1, 0.15) is 17.2 Å². The van der Waals surface area contributed by atoms with Gasteiger partial charge in [-0.25, -0.2) is 4.98 Å². The third-order valence-corrected chi connectivity index (χ3v) is 6.49. The lowest BCUT2D eigenvalue weighted by molar-refractivity contribution is 0.0988. The number of thiazole rings is 1. The van der Waals surface area contributed by atoms with Gasteiger partial charge in [0.15, 0.2) is 0 Å². The molecular formula is C30H25N3O3S. The van der Waals surface area contributed by atoms with Crippen LogP contribution >= 0.6 is 11.3 Å². The minimum absolute atomic E-state index is 0.288. The van der Waals surface area contributed by atoms with Crippen molar-refractivity contribution in [2.45, 2.75) is 13.8 Å². The van der Waals surface area contributed by atoms with Gasteiger partial charge in [-0.2, -0.15) is 10.1 Å². The largest absolute Gasteiger partial charge is 0.494 e. The van der Waals surface area contributed by atoms with E-state index < -0.39 is 0 Å². The van der Waals surface area contributed by atoms with Crippen LogP contribution in [0, 0.1) is 6.92 Å². The van der Waals surface area contributed by atoms with E-state index in [4.69, 9.17) is 14.5 Å². The molecule has 37 heavy (non-hydrogen) atoms. The highest BCUT2D eigenvalue weighted by Crippen LogP contribution is 2.31. The Labute approximate surface area is 219 Å². The lowest BCUT2D eigenvalue weighted by Gasteiger charge is -2.14. The summed E-state index contributed by atoms with van der Waals surface area (Å²) >= 11 is 1.43. The molecule has 1 amide bonds. The van der Waals surface area contributed by atoms with Crippen molar-refractivity contribution in [3.63, 3.8) is 0 Å². The molecule has 0 saturated heterocycles. The molecule has 1 heterocycles. The van der Waals surface area contributed by atoms with Gasteiger partial charge >= 0.3 is 0 Å². The molecule has 0 spiro atoms. The summed E-state index contributed by atoms with van der Waals surface area (Å²) in [4.78, 5) is 18.3.